The van der Waals surface area contributed by atoms with E-state index in [1.807, 2.05) is 22.8 Å². The molecule has 1 unspecified atom stereocenters. The monoisotopic (exact) mass is 870 g/mol. The molecule has 0 radical (unpaired) electrons. The molecule has 6 N–H and O–H groups in total. The predicted octanol–water partition coefficient (Wildman–Crippen LogP) is 4.71. The molecule has 6 aromatic rings. The van der Waals surface area contributed by atoms with Crippen LogP contribution < -0.4 is 31.7 Å². The summed E-state index contributed by atoms with van der Waals surface area (Å²) in [4.78, 5) is 75.8. The van der Waals surface area contributed by atoms with Gasteiger partial charge in [-0.15, -0.1) is 0 Å². The molecule has 2 atom stereocenters. The number of anilines is 3. The topological polar surface area (TPSA) is 229 Å². The van der Waals surface area contributed by atoms with Crippen molar-refractivity contribution in [3.05, 3.63) is 114 Å². The van der Waals surface area contributed by atoms with E-state index in [1.54, 1.807) is 36.9 Å². The molecule has 328 valence electrons. The van der Waals surface area contributed by atoms with Crippen LogP contribution in [0.1, 0.15) is 76.9 Å². The third kappa shape index (κ3) is 8.05. The molecule has 4 amide bonds. The Hall–Kier alpha value is -7.41. The standard InChI is InChI=1S/C45H44F2N12O5/c46-29-18-26(19-30(47)39(29)64-17-5-1-3-14-50-31-9-6-8-28-37(31)44(63)59(43(28)62)33-11-12-36(60)56-42(33)61)32-20-27(22-58-25-55-38-40(48)53-24-54-41(38)58)34(21-52-32)57-16-7-13-45(49,23-57)35-10-2-4-15-51-35/h2,4,6,8-10,15,18-21,24-25,33,50H,1,3,5,7,11-14,16-17,22-23,49H2,(H2,48,53,54)(H,56,60,61)/t33?,45-/m1/s1. The Morgan fingerprint density at radius 1 is 0.938 bits per heavy atom. The number of nitrogens with two attached hydrogens (primary N) is 2. The van der Waals surface area contributed by atoms with Crippen LogP contribution in [0.4, 0.5) is 26.0 Å². The Bertz CT molecular complexity index is 2780. The fraction of sp³-hybridized carbons (Fsp3) is 0.311. The number of imide groups is 2. The lowest BCUT2D eigenvalue weighted by atomic mass is 9.86. The third-order valence-electron chi connectivity index (χ3n) is 11.9. The molecule has 3 aliphatic rings. The first-order chi connectivity index (χ1) is 31.0. The van der Waals surface area contributed by atoms with Gasteiger partial charge in [0.2, 0.25) is 11.8 Å². The van der Waals surface area contributed by atoms with Crippen molar-refractivity contribution >= 4 is 52.0 Å². The molecular formula is C45H44F2N12O5. The number of piperidine rings is 2. The first-order valence-electron chi connectivity index (χ1n) is 21.1. The summed E-state index contributed by atoms with van der Waals surface area (Å²) >= 11 is 0. The molecule has 0 bridgehead atoms. The zero-order chi connectivity index (χ0) is 44.5. The summed E-state index contributed by atoms with van der Waals surface area (Å²) in [6.07, 6.45) is 9.77. The van der Waals surface area contributed by atoms with Crippen molar-refractivity contribution in [1.82, 2.24) is 39.7 Å². The highest BCUT2D eigenvalue weighted by Crippen LogP contribution is 2.36. The largest absolute Gasteiger partial charge is 0.488 e. The third-order valence-corrected chi connectivity index (χ3v) is 11.9. The number of amides is 4. The number of pyridine rings is 2. The number of hydrogen-bond donors (Lipinski definition) is 4. The van der Waals surface area contributed by atoms with Crippen LogP contribution in [0.2, 0.25) is 0 Å². The first kappa shape index (κ1) is 41.9. The van der Waals surface area contributed by atoms with Crippen molar-refractivity contribution in [2.45, 2.75) is 63.1 Å². The quantitative estimate of drug-likeness (QED) is 0.0859. The zero-order valence-electron chi connectivity index (χ0n) is 34.6. The average molecular weight is 871 g/mol. The zero-order valence-corrected chi connectivity index (χ0v) is 34.6. The van der Waals surface area contributed by atoms with Crippen molar-refractivity contribution in [1.29, 1.82) is 0 Å². The SMILES string of the molecule is Nc1ncnc2c1ncn2Cc1cc(-c2cc(F)c(OCCCCCNc3cccc4c3C(=O)N(C3CCC(=O)NC3=O)C4=O)c(F)c2)ncc1N1CCC[C@](N)(c2ccccn2)C1. The molecule has 17 nitrogen and oxygen atoms in total. The Kier molecular flexibility index (Phi) is 11.4. The highest BCUT2D eigenvalue weighted by Gasteiger charge is 2.45. The van der Waals surface area contributed by atoms with Gasteiger partial charge in [-0.1, -0.05) is 12.1 Å². The number of carbonyl (C=O) groups is 4. The molecule has 4 aromatic heterocycles. The van der Waals surface area contributed by atoms with Gasteiger partial charge in [0.25, 0.3) is 11.8 Å². The maximum Gasteiger partial charge on any atom is 0.264 e. The van der Waals surface area contributed by atoms with Gasteiger partial charge in [-0.2, -0.15) is 0 Å². The van der Waals surface area contributed by atoms with Crippen LogP contribution >= 0.6 is 0 Å². The van der Waals surface area contributed by atoms with Gasteiger partial charge in [0.15, 0.2) is 28.8 Å². The van der Waals surface area contributed by atoms with Gasteiger partial charge in [0, 0.05) is 43.5 Å². The number of rotatable bonds is 14. The maximum atomic E-state index is 15.6. The fourth-order valence-corrected chi connectivity index (χ4v) is 8.72. The van der Waals surface area contributed by atoms with E-state index in [0.29, 0.717) is 61.4 Å². The van der Waals surface area contributed by atoms with Crippen LogP contribution in [0.15, 0.2) is 79.6 Å². The highest BCUT2D eigenvalue weighted by molar-refractivity contribution is 6.25. The lowest BCUT2D eigenvalue weighted by molar-refractivity contribution is -0.136. The molecule has 0 spiro atoms. The molecule has 64 heavy (non-hydrogen) atoms. The summed E-state index contributed by atoms with van der Waals surface area (Å²) in [7, 11) is 0. The number of imidazole rings is 1. The van der Waals surface area contributed by atoms with E-state index in [4.69, 9.17) is 21.2 Å². The smallest absolute Gasteiger partial charge is 0.264 e. The van der Waals surface area contributed by atoms with E-state index in [2.05, 4.69) is 35.5 Å². The van der Waals surface area contributed by atoms with Crippen molar-refractivity contribution in [3.63, 3.8) is 0 Å². The summed E-state index contributed by atoms with van der Waals surface area (Å²) in [5.41, 5.74) is 17.1. The van der Waals surface area contributed by atoms with Crippen LogP contribution in [-0.2, 0) is 21.7 Å². The van der Waals surface area contributed by atoms with Crippen LogP contribution in [0.25, 0.3) is 22.4 Å². The van der Waals surface area contributed by atoms with Gasteiger partial charge in [0.05, 0.1) is 59.4 Å². The van der Waals surface area contributed by atoms with Gasteiger partial charge in [-0.3, -0.25) is 39.4 Å². The molecule has 7 heterocycles. The van der Waals surface area contributed by atoms with Crippen molar-refractivity contribution in [2.75, 3.05) is 42.2 Å². The summed E-state index contributed by atoms with van der Waals surface area (Å²) in [5, 5.41) is 5.39. The number of nitrogen functional groups attached to an aromatic ring is 1. The number of fused-ring (bicyclic) bond motifs is 2. The number of nitrogens with zero attached hydrogens (tertiary/aromatic N) is 8. The first-order valence-corrected chi connectivity index (χ1v) is 21.1. The minimum atomic E-state index is -1.06. The Labute approximate surface area is 365 Å². The van der Waals surface area contributed by atoms with E-state index < -0.39 is 52.6 Å². The second-order valence-corrected chi connectivity index (χ2v) is 16.2. The van der Waals surface area contributed by atoms with E-state index in [-0.39, 0.29) is 48.5 Å². The summed E-state index contributed by atoms with van der Waals surface area (Å²) in [6, 6.07) is 13.7. The molecule has 0 aliphatic carbocycles. The van der Waals surface area contributed by atoms with Crippen LogP contribution in [0, 0.1) is 11.6 Å². The van der Waals surface area contributed by atoms with Gasteiger partial charge >= 0.3 is 0 Å². The number of carbonyl (C=O) groups excluding carboxylic acids is 4. The molecular weight excluding hydrogens is 827 g/mol. The Morgan fingerprint density at radius 3 is 2.58 bits per heavy atom. The second-order valence-electron chi connectivity index (χ2n) is 16.2. The van der Waals surface area contributed by atoms with Crippen molar-refractivity contribution < 1.29 is 32.7 Å². The molecule has 9 rings (SSSR count). The van der Waals surface area contributed by atoms with E-state index in [1.165, 1.54) is 24.5 Å². The lowest BCUT2D eigenvalue weighted by Gasteiger charge is -2.41. The molecule has 3 aliphatic heterocycles. The van der Waals surface area contributed by atoms with E-state index in [9.17, 15) is 19.2 Å². The van der Waals surface area contributed by atoms with Gasteiger partial charge in [-0.05, 0) is 86.6 Å². The molecule has 2 saturated heterocycles. The highest BCUT2D eigenvalue weighted by atomic mass is 19.1. The number of halogens is 2. The van der Waals surface area contributed by atoms with E-state index in [0.717, 1.165) is 34.7 Å². The number of aromatic nitrogens is 6. The van der Waals surface area contributed by atoms with Gasteiger partial charge in [-0.25, -0.2) is 23.7 Å². The minimum absolute atomic E-state index is 0.0287. The molecule has 19 heteroatoms. The predicted molar refractivity (Wildman–Crippen MR) is 231 cm³/mol. The summed E-state index contributed by atoms with van der Waals surface area (Å²) in [5.74, 6) is -4.31. The molecule has 2 fully saturated rings. The Morgan fingerprint density at radius 2 is 1.78 bits per heavy atom. The lowest BCUT2D eigenvalue weighted by Crippen LogP contribution is -2.54. The average Bonchev–Trinajstić information content (AvgIpc) is 3.82. The number of hydrogen-bond acceptors (Lipinski definition) is 14. The molecule has 0 saturated carbocycles. The van der Waals surface area contributed by atoms with Crippen LogP contribution in [0.3, 0.4) is 0 Å². The summed E-state index contributed by atoms with van der Waals surface area (Å²) in [6.45, 7) is 1.93. The minimum Gasteiger partial charge on any atom is -0.488 e. The second kappa shape index (κ2) is 17.4. The summed E-state index contributed by atoms with van der Waals surface area (Å²) < 4.78 is 38.7. The number of unbranched alkanes of at least 4 members (excludes halogenated alkanes) is 2. The van der Waals surface area contributed by atoms with E-state index >= 15 is 8.78 Å². The maximum absolute atomic E-state index is 15.6. The van der Waals surface area contributed by atoms with Gasteiger partial charge in [0.1, 0.15) is 17.9 Å². The fourth-order valence-electron chi connectivity index (χ4n) is 8.72. The van der Waals surface area contributed by atoms with Crippen LogP contribution in [-0.4, -0.2) is 90.3 Å². The number of nitrogens with one attached hydrogen (secondary N) is 2. The molecule has 2 aromatic carbocycles. The normalized spacial score (nSPS) is 18.7. The van der Waals surface area contributed by atoms with Crippen molar-refractivity contribution in [2.24, 2.45) is 5.73 Å². The van der Waals surface area contributed by atoms with Crippen LogP contribution in [0.5, 0.6) is 5.75 Å². The van der Waals surface area contributed by atoms with Crippen molar-refractivity contribution in [3.8, 4) is 17.0 Å². The number of benzene rings is 2. The van der Waals surface area contributed by atoms with Gasteiger partial charge < -0.3 is 31.0 Å². The Balaban J connectivity index is 0.851. The number of ether oxygens (including phenoxy) is 1.